The van der Waals surface area contributed by atoms with Crippen molar-refractivity contribution in [3.63, 3.8) is 0 Å². The van der Waals surface area contributed by atoms with Crippen molar-refractivity contribution in [2.24, 2.45) is 5.73 Å². The van der Waals surface area contributed by atoms with Gasteiger partial charge >= 0.3 is 0 Å². The highest BCUT2D eigenvalue weighted by Gasteiger charge is 2.15. The van der Waals surface area contributed by atoms with E-state index >= 15 is 0 Å². The average Bonchev–Trinajstić information content (AvgIpc) is 3.21. The smallest absolute Gasteiger partial charge is 0.248 e. The van der Waals surface area contributed by atoms with E-state index in [2.05, 4.69) is 26.9 Å². The first kappa shape index (κ1) is 20.7. The first-order valence-corrected chi connectivity index (χ1v) is 10.8. The van der Waals surface area contributed by atoms with Crippen LogP contribution in [0.2, 0.25) is 0 Å². The van der Waals surface area contributed by atoms with E-state index in [1.807, 2.05) is 60.7 Å². The van der Waals surface area contributed by atoms with Crippen molar-refractivity contribution in [1.29, 1.82) is 0 Å². The molecule has 0 spiro atoms. The second-order valence-corrected chi connectivity index (χ2v) is 7.89. The van der Waals surface area contributed by atoms with Crippen LogP contribution in [0.25, 0.3) is 5.69 Å². The summed E-state index contributed by atoms with van der Waals surface area (Å²) >= 11 is 1.56. The van der Waals surface area contributed by atoms with E-state index in [0.717, 1.165) is 33.5 Å². The Balaban J connectivity index is 1.65. The summed E-state index contributed by atoms with van der Waals surface area (Å²) in [6.45, 7) is 0. The molecule has 7 heteroatoms. The van der Waals surface area contributed by atoms with Gasteiger partial charge in [-0.25, -0.2) is 0 Å². The van der Waals surface area contributed by atoms with Crippen molar-refractivity contribution in [3.05, 3.63) is 101 Å². The third-order valence-electron chi connectivity index (χ3n) is 4.82. The second kappa shape index (κ2) is 9.49. The molecule has 1 amide bonds. The van der Waals surface area contributed by atoms with E-state index < -0.39 is 5.91 Å². The van der Waals surface area contributed by atoms with Gasteiger partial charge in [0.05, 0.1) is 7.11 Å². The van der Waals surface area contributed by atoms with Crippen molar-refractivity contribution in [3.8, 4) is 11.4 Å². The maximum Gasteiger partial charge on any atom is 0.248 e. The van der Waals surface area contributed by atoms with Gasteiger partial charge in [0.1, 0.15) is 11.6 Å². The number of aromatic nitrogens is 3. The number of nitrogens with zero attached hydrogens (tertiary/aromatic N) is 3. The molecule has 0 fully saturated rings. The molecule has 156 valence electrons. The summed E-state index contributed by atoms with van der Waals surface area (Å²) in [5, 5.41) is 9.71. The highest BCUT2D eigenvalue weighted by molar-refractivity contribution is 7.98. The molecule has 1 heterocycles. The zero-order valence-corrected chi connectivity index (χ0v) is 17.9. The van der Waals surface area contributed by atoms with Gasteiger partial charge in [0.25, 0.3) is 0 Å². The summed E-state index contributed by atoms with van der Waals surface area (Å²) in [7, 11) is 1.65. The number of amides is 1. The molecule has 0 bridgehead atoms. The summed E-state index contributed by atoms with van der Waals surface area (Å²) in [5.74, 6) is 1.85. The van der Waals surface area contributed by atoms with Crippen LogP contribution in [0.15, 0.2) is 84.0 Å². The highest BCUT2D eigenvalue weighted by atomic mass is 32.2. The van der Waals surface area contributed by atoms with Crippen LogP contribution in [-0.4, -0.2) is 27.8 Å². The Morgan fingerprint density at radius 2 is 1.71 bits per heavy atom. The predicted molar refractivity (Wildman–Crippen MR) is 122 cm³/mol. The lowest BCUT2D eigenvalue weighted by atomic mass is 10.1. The maximum absolute atomic E-state index is 11.5. The Labute approximate surface area is 185 Å². The monoisotopic (exact) mass is 430 g/mol. The van der Waals surface area contributed by atoms with E-state index in [9.17, 15) is 4.79 Å². The molecule has 4 aromatic rings. The summed E-state index contributed by atoms with van der Waals surface area (Å²) in [6, 6.07) is 25.4. The average molecular weight is 431 g/mol. The number of carbonyl (C=O) groups excluding carboxylic acids is 1. The van der Waals surface area contributed by atoms with Gasteiger partial charge in [0.2, 0.25) is 5.91 Å². The first-order chi connectivity index (χ1) is 15.1. The number of benzene rings is 3. The predicted octanol–water partition coefficient (Wildman–Crippen LogP) is 4.26. The van der Waals surface area contributed by atoms with Crippen LogP contribution in [0.4, 0.5) is 0 Å². The molecule has 0 aliphatic carbocycles. The fourth-order valence-electron chi connectivity index (χ4n) is 3.24. The molecule has 0 atom stereocenters. The Morgan fingerprint density at radius 1 is 0.968 bits per heavy atom. The number of methoxy groups -OCH3 is 1. The van der Waals surface area contributed by atoms with E-state index in [1.54, 1.807) is 24.9 Å². The highest BCUT2D eigenvalue weighted by Crippen LogP contribution is 2.27. The van der Waals surface area contributed by atoms with Crippen LogP contribution in [-0.2, 0) is 12.2 Å². The van der Waals surface area contributed by atoms with E-state index in [0.29, 0.717) is 17.7 Å². The molecule has 31 heavy (non-hydrogen) atoms. The van der Waals surface area contributed by atoms with Crippen LogP contribution >= 0.6 is 11.8 Å². The minimum Gasteiger partial charge on any atom is -0.497 e. The summed E-state index contributed by atoms with van der Waals surface area (Å²) in [4.78, 5) is 11.5. The lowest BCUT2D eigenvalue weighted by Crippen LogP contribution is -2.10. The van der Waals surface area contributed by atoms with Gasteiger partial charge in [-0.15, -0.1) is 10.2 Å². The number of primary amides is 1. The van der Waals surface area contributed by atoms with Crippen molar-refractivity contribution >= 4 is 17.7 Å². The number of carbonyl (C=O) groups is 1. The van der Waals surface area contributed by atoms with Crippen LogP contribution in [0.3, 0.4) is 0 Å². The number of nitrogens with two attached hydrogens (primary N) is 1. The molecule has 0 unspecified atom stereocenters. The number of thioether (sulfide) groups is 1. The van der Waals surface area contributed by atoms with Gasteiger partial charge in [0, 0.05) is 23.4 Å². The minimum absolute atomic E-state index is 0.432. The number of rotatable bonds is 8. The van der Waals surface area contributed by atoms with E-state index in [4.69, 9.17) is 10.5 Å². The Bertz CT molecular complexity index is 1170. The molecule has 3 aromatic carbocycles. The molecule has 0 aliphatic rings. The van der Waals surface area contributed by atoms with E-state index in [1.165, 1.54) is 0 Å². The van der Waals surface area contributed by atoms with Crippen LogP contribution in [0, 0.1) is 0 Å². The van der Waals surface area contributed by atoms with Crippen molar-refractivity contribution in [2.75, 3.05) is 7.11 Å². The topological polar surface area (TPSA) is 83.0 Å². The van der Waals surface area contributed by atoms with Gasteiger partial charge in [-0.05, 0) is 47.5 Å². The molecule has 1 aromatic heterocycles. The molecule has 4 rings (SSSR count). The number of hydrogen-bond acceptors (Lipinski definition) is 5. The molecule has 0 saturated carbocycles. The SMILES string of the molecule is COc1ccc(-n2c(Cc3ccccc3)nnc2SCc2cccc(C(N)=O)c2)cc1. The molecular weight excluding hydrogens is 408 g/mol. The Kier molecular flexibility index (Phi) is 6.33. The second-order valence-electron chi connectivity index (χ2n) is 6.95. The molecular formula is C24H22N4O2S. The number of hydrogen-bond donors (Lipinski definition) is 1. The summed E-state index contributed by atoms with van der Waals surface area (Å²) in [6.07, 6.45) is 0.664. The van der Waals surface area contributed by atoms with Gasteiger partial charge < -0.3 is 10.5 Å². The lowest BCUT2D eigenvalue weighted by Gasteiger charge is -2.11. The maximum atomic E-state index is 11.5. The van der Waals surface area contributed by atoms with Gasteiger partial charge in [-0.1, -0.05) is 54.2 Å². The fourth-order valence-corrected chi connectivity index (χ4v) is 4.15. The van der Waals surface area contributed by atoms with Crippen LogP contribution in [0.1, 0.15) is 27.3 Å². The number of ether oxygens (including phenoxy) is 1. The Hall–Kier alpha value is -3.58. The zero-order valence-electron chi connectivity index (χ0n) is 17.1. The molecule has 0 radical (unpaired) electrons. The molecule has 0 aliphatic heterocycles. The molecule has 0 saturated heterocycles. The third kappa shape index (κ3) is 4.95. The Morgan fingerprint density at radius 3 is 2.42 bits per heavy atom. The van der Waals surface area contributed by atoms with Crippen LogP contribution in [0.5, 0.6) is 5.75 Å². The third-order valence-corrected chi connectivity index (χ3v) is 5.82. The normalized spacial score (nSPS) is 10.7. The largest absolute Gasteiger partial charge is 0.497 e. The zero-order chi connectivity index (χ0) is 21.6. The first-order valence-electron chi connectivity index (χ1n) is 9.78. The summed E-state index contributed by atoms with van der Waals surface area (Å²) in [5.41, 5.74) is 9.03. The molecule has 6 nitrogen and oxygen atoms in total. The quantitative estimate of drug-likeness (QED) is 0.422. The van der Waals surface area contributed by atoms with Crippen molar-refractivity contribution in [1.82, 2.24) is 14.8 Å². The van der Waals surface area contributed by atoms with Gasteiger partial charge in [-0.3, -0.25) is 9.36 Å². The van der Waals surface area contributed by atoms with E-state index in [-0.39, 0.29) is 0 Å². The summed E-state index contributed by atoms with van der Waals surface area (Å²) < 4.78 is 7.36. The fraction of sp³-hybridized carbons (Fsp3) is 0.125. The minimum atomic E-state index is -0.432. The van der Waals surface area contributed by atoms with Crippen molar-refractivity contribution < 1.29 is 9.53 Å². The van der Waals surface area contributed by atoms with Gasteiger partial charge in [0.15, 0.2) is 5.16 Å². The lowest BCUT2D eigenvalue weighted by molar-refractivity contribution is 0.1000. The standard InChI is InChI=1S/C24H22N4O2S/c1-30-21-12-10-20(11-13-21)28-22(15-17-6-3-2-4-7-17)26-27-24(28)31-16-18-8-5-9-19(14-18)23(25)29/h2-14H,15-16H2,1H3,(H2,25,29). The molecule has 2 N–H and O–H groups in total. The van der Waals surface area contributed by atoms with Crippen LogP contribution < -0.4 is 10.5 Å². The van der Waals surface area contributed by atoms with Gasteiger partial charge in [-0.2, -0.15) is 0 Å². The van der Waals surface area contributed by atoms with Crippen molar-refractivity contribution in [2.45, 2.75) is 17.3 Å².